The van der Waals surface area contributed by atoms with E-state index in [9.17, 15) is 14.9 Å². The number of aryl methyl sites for hydroxylation is 1. The summed E-state index contributed by atoms with van der Waals surface area (Å²) in [6.07, 6.45) is 0. The second-order valence-electron chi connectivity index (χ2n) is 7.05. The average Bonchev–Trinajstić information content (AvgIpc) is 3.30. The first-order chi connectivity index (χ1) is 15.0. The van der Waals surface area contributed by atoms with Crippen molar-refractivity contribution in [2.75, 3.05) is 5.73 Å². The van der Waals surface area contributed by atoms with E-state index in [1.54, 1.807) is 4.57 Å². The molecule has 31 heavy (non-hydrogen) atoms. The van der Waals surface area contributed by atoms with Gasteiger partial charge in [0, 0.05) is 6.54 Å². The van der Waals surface area contributed by atoms with Gasteiger partial charge in [0.05, 0.1) is 27.9 Å². The van der Waals surface area contributed by atoms with Crippen molar-refractivity contribution in [1.29, 1.82) is 0 Å². The van der Waals surface area contributed by atoms with Crippen LogP contribution in [0.3, 0.4) is 0 Å². The minimum Gasteiger partial charge on any atom is -0.384 e. The molecule has 3 aromatic heterocycles. The fraction of sp³-hybridized carbons (Fsp3) is 0.0952. The van der Waals surface area contributed by atoms with E-state index in [1.165, 1.54) is 18.4 Å². The number of nitrogens with zero attached hydrogens (tertiary/aromatic N) is 5. The van der Waals surface area contributed by atoms with Gasteiger partial charge in [-0.2, -0.15) is 0 Å². The molecule has 3 heterocycles. The summed E-state index contributed by atoms with van der Waals surface area (Å²) in [6, 6.07) is 17.0. The molecule has 0 spiro atoms. The van der Waals surface area contributed by atoms with Gasteiger partial charge in [0.15, 0.2) is 0 Å². The maximum atomic E-state index is 13.1. The number of rotatable bonds is 4. The van der Waals surface area contributed by atoms with E-state index in [4.69, 9.17) is 5.73 Å². The van der Waals surface area contributed by atoms with Gasteiger partial charge in [-0.3, -0.25) is 4.79 Å². The van der Waals surface area contributed by atoms with Crippen LogP contribution in [0.2, 0.25) is 0 Å². The van der Waals surface area contributed by atoms with E-state index in [0.29, 0.717) is 10.6 Å². The highest BCUT2D eigenvalue weighted by Gasteiger charge is 2.31. The third-order valence-electron chi connectivity index (χ3n) is 5.13. The Labute approximate surface area is 179 Å². The molecular weight excluding hydrogens is 416 g/mol. The minimum atomic E-state index is -0.592. The summed E-state index contributed by atoms with van der Waals surface area (Å²) < 4.78 is 3.51. The van der Waals surface area contributed by atoms with Crippen LogP contribution in [-0.2, 0) is 13.6 Å². The molecule has 0 aliphatic carbocycles. The molecule has 10 heteroatoms. The van der Waals surface area contributed by atoms with Gasteiger partial charge in [-0.05, 0) is 22.6 Å². The smallest absolute Gasteiger partial charge is 0.384 e. The van der Waals surface area contributed by atoms with E-state index in [-0.39, 0.29) is 23.3 Å². The van der Waals surface area contributed by atoms with Crippen molar-refractivity contribution in [1.82, 2.24) is 19.3 Å². The second kappa shape index (κ2) is 7.03. The predicted octanol–water partition coefficient (Wildman–Crippen LogP) is 3.55. The van der Waals surface area contributed by atoms with Gasteiger partial charge in [0.2, 0.25) is 0 Å². The molecule has 0 saturated heterocycles. The predicted molar refractivity (Wildman–Crippen MR) is 120 cm³/mol. The molecule has 9 nitrogen and oxygen atoms in total. The summed E-state index contributed by atoms with van der Waals surface area (Å²) in [5.74, 6) is -0.184. The van der Waals surface area contributed by atoms with Crippen molar-refractivity contribution in [3.63, 3.8) is 0 Å². The molecule has 0 saturated carbocycles. The minimum absolute atomic E-state index is 0.112. The lowest BCUT2D eigenvalue weighted by Crippen LogP contribution is -2.23. The molecule has 0 bridgehead atoms. The number of thiazole rings is 1. The van der Waals surface area contributed by atoms with Crippen molar-refractivity contribution >= 4 is 44.1 Å². The standard InChI is InChI=1S/C21H16N6O3S/c1-25-21(28)17-15(19(24-25)27(29)30)16(20-23-13-9-5-6-10-14(13)31-20)18(22)26(17)11-12-7-3-2-4-8-12/h2-10H,11,22H2,1H3. The summed E-state index contributed by atoms with van der Waals surface area (Å²) in [4.78, 5) is 29.0. The fourth-order valence-electron chi connectivity index (χ4n) is 3.72. The third kappa shape index (κ3) is 2.96. The zero-order valence-electron chi connectivity index (χ0n) is 16.3. The SMILES string of the molecule is Cn1nc([N+](=O)[O-])c2c(-c3nc4ccccc4s3)c(N)n(Cc3ccccc3)c2c1=O. The highest BCUT2D eigenvalue weighted by atomic mass is 32.1. The maximum Gasteiger partial charge on any atom is 0.398 e. The molecule has 5 aromatic rings. The molecule has 0 atom stereocenters. The Kier molecular flexibility index (Phi) is 4.29. The van der Waals surface area contributed by atoms with Gasteiger partial charge in [-0.25, -0.2) is 4.98 Å². The Morgan fingerprint density at radius 1 is 1.13 bits per heavy atom. The molecule has 0 unspecified atom stereocenters. The van der Waals surface area contributed by atoms with Crippen molar-refractivity contribution in [2.24, 2.45) is 7.05 Å². The Morgan fingerprint density at radius 3 is 2.55 bits per heavy atom. The van der Waals surface area contributed by atoms with Crippen LogP contribution in [0.4, 0.5) is 11.6 Å². The molecule has 0 amide bonds. The van der Waals surface area contributed by atoms with Crippen molar-refractivity contribution < 1.29 is 4.92 Å². The molecule has 0 fully saturated rings. The van der Waals surface area contributed by atoms with E-state index in [0.717, 1.165) is 20.5 Å². The maximum absolute atomic E-state index is 13.1. The van der Waals surface area contributed by atoms with Crippen molar-refractivity contribution in [3.05, 3.63) is 80.6 Å². The first-order valence-corrected chi connectivity index (χ1v) is 10.2. The topological polar surface area (TPSA) is 122 Å². The lowest BCUT2D eigenvalue weighted by Gasteiger charge is -2.08. The van der Waals surface area contributed by atoms with Gasteiger partial charge in [0.1, 0.15) is 21.7 Å². The molecule has 5 rings (SSSR count). The first-order valence-electron chi connectivity index (χ1n) is 9.39. The molecule has 0 aliphatic rings. The Morgan fingerprint density at radius 2 is 1.84 bits per heavy atom. The zero-order chi connectivity index (χ0) is 21.7. The summed E-state index contributed by atoms with van der Waals surface area (Å²) in [7, 11) is 1.39. The molecule has 0 radical (unpaired) electrons. The number of nitrogen functional groups attached to an aromatic ring is 1. The zero-order valence-corrected chi connectivity index (χ0v) is 17.2. The van der Waals surface area contributed by atoms with E-state index >= 15 is 0 Å². The number of fused-ring (bicyclic) bond motifs is 2. The third-order valence-corrected chi connectivity index (χ3v) is 6.19. The molecule has 2 aromatic carbocycles. The van der Waals surface area contributed by atoms with Crippen LogP contribution in [0, 0.1) is 10.1 Å². The van der Waals surface area contributed by atoms with Crippen LogP contribution in [0.5, 0.6) is 0 Å². The molecular formula is C21H16N6O3S. The lowest BCUT2D eigenvalue weighted by molar-refractivity contribution is -0.388. The molecule has 154 valence electrons. The van der Waals surface area contributed by atoms with Crippen LogP contribution < -0.4 is 11.3 Å². The fourth-order valence-corrected chi connectivity index (χ4v) is 4.75. The number of aromatic nitrogens is 4. The van der Waals surface area contributed by atoms with Crippen molar-refractivity contribution in [3.8, 4) is 10.6 Å². The van der Waals surface area contributed by atoms with Crippen LogP contribution in [0.1, 0.15) is 5.56 Å². The van der Waals surface area contributed by atoms with E-state index in [2.05, 4.69) is 10.1 Å². The van der Waals surface area contributed by atoms with Gasteiger partial charge in [0.25, 0.3) is 0 Å². The first kappa shape index (κ1) is 18.9. The van der Waals surface area contributed by atoms with Crippen LogP contribution in [-0.4, -0.2) is 24.3 Å². The Bertz CT molecular complexity index is 1500. The number of nitrogens with two attached hydrogens (primary N) is 1. The van der Waals surface area contributed by atoms with E-state index < -0.39 is 16.3 Å². The van der Waals surface area contributed by atoms with Gasteiger partial charge >= 0.3 is 11.4 Å². The number of para-hydroxylation sites is 1. The van der Waals surface area contributed by atoms with Gasteiger partial charge < -0.3 is 20.4 Å². The number of nitro groups is 1. The summed E-state index contributed by atoms with van der Waals surface area (Å²) in [5.41, 5.74) is 8.24. The lowest BCUT2D eigenvalue weighted by atomic mass is 10.2. The number of benzene rings is 2. The number of hydrogen-bond acceptors (Lipinski definition) is 7. The number of anilines is 1. The summed E-state index contributed by atoms with van der Waals surface area (Å²) >= 11 is 1.37. The quantitative estimate of drug-likeness (QED) is 0.342. The van der Waals surface area contributed by atoms with Crippen LogP contribution in [0.25, 0.3) is 31.7 Å². The normalized spacial score (nSPS) is 11.4. The second-order valence-corrected chi connectivity index (χ2v) is 8.08. The van der Waals surface area contributed by atoms with E-state index in [1.807, 2.05) is 54.6 Å². The Hall–Kier alpha value is -4.05. The summed E-state index contributed by atoms with van der Waals surface area (Å²) in [5, 5.41) is 16.4. The van der Waals surface area contributed by atoms with Crippen LogP contribution >= 0.6 is 11.3 Å². The highest BCUT2D eigenvalue weighted by Crippen LogP contribution is 2.42. The highest BCUT2D eigenvalue weighted by molar-refractivity contribution is 7.21. The van der Waals surface area contributed by atoms with Crippen LogP contribution in [0.15, 0.2) is 59.4 Å². The Balaban J connectivity index is 1.90. The largest absolute Gasteiger partial charge is 0.398 e. The van der Waals surface area contributed by atoms with Gasteiger partial charge in [-0.15, -0.1) is 16.0 Å². The molecule has 0 aliphatic heterocycles. The number of hydrogen-bond donors (Lipinski definition) is 1. The monoisotopic (exact) mass is 432 g/mol. The average molecular weight is 432 g/mol. The molecule has 2 N–H and O–H groups in total. The van der Waals surface area contributed by atoms with Crippen molar-refractivity contribution in [2.45, 2.75) is 6.54 Å². The van der Waals surface area contributed by atoms with Gasteiger partial charge in [-0.1, -0.05) is 42.5 Å². The summed E-state index contributed by atoms with van der Waals surface area (Å²) in [6.45, 7) is 0.282.